The van der Waals surface area contributed by atoms with Crippen LogP contribution in [0.25, 0.3) is 122 Å². The Hall–Kier alpha value is -8.54. The Balaban J connectivity index is 0.946. The lowest BCUT2D eigenvalue weighted by atomic mass is 10.0. The fourth-order valence-electron chi connectivity index (χ4n) is 9.61. The molecule has 4 heterocycles. The van der Waals surface area contributed by atoms with E-state index in [9.17, 15) is 0 Å². The molecule has 0 saturated heterocycles. The molecule has 0 radical (unpaired) electrons. The quantitative estimate of drug-likeness (QED) is 0.168. The van der Waals surface area contributed by atoms with Crippen LogP contribution >= 0.6 is 0 Å². The van der Waals surface area contributed by atoms with E-state index in [4.69, 9.17) is 14.4 Å². The Morgan fingerprint density at radius 3 is 1.59 bits per heavy atom. The van der Waals surface area contributed by atoms with Crippen molar-refractivity contribution in [1.29, 1.82) is 0 Å². The highest BCUT2D eigenvalue weighted by atomic mass is 16.3. The summed E-state index contributed by atoms with van der Waals surface area (Å²) in [4.78, 5) is 10.5. The minimum atomic E-state index is 0.636. The molecule has 0 aliphatic carbocycles. The van der Waals surface area contributed by atoms with Gasteiger partial charge in [-0.15, -0.1) is 0 Å². The van der Waals surface area contributed by atoms with Crippen molar-refractivity contribution in [3.8, 4) is 56.4 Å². The van der Waals surface area contributed by atoms with Gasteiger partial charge in [0.2, 0.25) is 5.95 Å². The lowest BCUT2D eigenvalue weighted by Crippen LogP contribution is -2.04. The van der Waals surface area contributed by atoms with Crippen molar-refractivity contribution in [3.05, 3.63) is 218 Å². The lowest BCUT2D eigenvalue weighted by Gasteiger charge is -2.12. The van der Waals surface area contributed by atoms with Crippen molar-refractivity contribution < 1.29 is 4.42 Å². The van der Waals surface area contributed by atoms with E-state index in [1.54, 1.807) is 0 Å². The zero-order valence-electron chi connectivity index (χ0n) is 34.0. The third-order valence-corrected chi connectivity index (χ3v) is 12.6. The molecule has 0 unspecified atom stereocenters. The summed E-state index contributed by atoms with van der Waals surface area (Å²) in [6, 6.07) is 77.3. The third-order valence-electron chi connectivity index (χ3n) is 12.6. The molecule has 0 fully saturated rings. The summed E-state index contributed by atoms with van der Waals surface area (Å²) < 4.78 is 11.0. The first-order valence-electron chi connectivity index (χ1n) is 21.3. The molecule has 63 heavy (non-hydrogen) atoms. The number of furan rings is 1. The van der Waals surface area contributed by atoms with Crippen LogP contribution in [0.2, 0.25) is 0 Å². The van der Waals surface area contributed by atoms with Gasteiger partial charge in [0.25, 0.3) is 0 Å². The number of fused-ring (bicyclic) bond motifs is 9. The fourth-order valence-corrected chi connectivity index (χ4v) is 9.61. The summed E-state index contributed by atoms with van der Waals surface area (Å²) >= 11 is 0. The first-order chi connectivity index (χ1) is 31.2. The Morgan fingerprint density at radius 2 is 0.857 bits per heavy atom. The van der Waals surface area contributed by atoms with Crippen molar-refractivity contribution >= 4 is 65.6 Å². The van der Waals surface area contributed by atoms with Crippen molar-refractivity contribution in [1.82, 2.24) is 19.1 Å². The van der Waals surface area contributed by atoms with Crippen LogP contribution in [0.15, 0.2) is 223 Å². The zero-order chi connectivity index (χ0) is 41.4. The molecular weight excluding hydrogens is 769 g/mol. The van der Waals surface area contributed by atoms with Gasteiger partial charge in [-0.25, -0.2) is 9.97 Å². The smallest absolute Gasteiger partial charge is 0.235 e. The second-order valence-electron chi connectivity index (χ2n) is 16.2. The summed E-state index contributed by atoms with van der Waals surface area (Å²) in [5, 5.41) is 6.99. The van der Waals surface area contributed by atoms with Crippen LogP contribution in [0.1, 0.15) is 0 Å². The van der Waals surface area contributed by atoms with Crippen LogP contribution in [0, 0.1) is 0 Å². The van der Waals surface area contributed by atoms with Crippen molar-refractivity contribution in [2.45, 2.75) is 0 Å². The number of rotatable bonds is 6. The molecule has 5 nitrogen and oxygen atoms in total. The molecule has 0 bridgehead atoms. The van der Waals surface area contributed by atoms with E-state index < -0.39 is 0 Å². The largest absolute Gasteiger partial charge is 0.455 e. The van der Waals surface area contributed by atoms with Gasteiger partial charge in [0.15, 0.2) is 0 Å². The van der Waals surface area contributed by atoms with E-state index >= 15 is 0 Å². The molecule has 0 N–H and O–H groups in total. The summed E-state index contributed by atoms with van der Waals surface area (Å²) in [6.45, 7) is 0. The number of hydrogen-bond donors (Lipinski definition) is 0. The second kappa shape index (κ2) is 14.0. The number of para-hydroxylation sites is 4. The van der Waals surface area contributed by atoms with E-state index in [-0.39, 0.29) is 0 Å². The van der Waals surface area contributed by atoms with Crippen LogP contribution in [0.5, 0.6) is 0 Å². The van der Waals surface area contributed by atoms with Crippen molar-refractivity contribution in [2.75, 3.05) is 0 Å². The van der Waals surface area contributed by atoms with Gasteiger partial charge in [0.1, 0.15) is 11.2 Å². The summed E-state index contributed by atoms with van der Waals surface area (Å²) in [5.41, 5.74) is 15.7. The van der Waals surface area contributed by atoms with Crippen LogP contribution in [-0.2, 0) is 0 Å². The maximum atomic E-state index is 6.40. The van der Waals surface area contributed by atoms with Crippen LogP contribution < -0.4 is 0 Å². The highest BCUT2D eigenvalue weighted by molar-refractivity contribution is 6.13. The number of hydrogen-bond acceptors (Lipinski definition) is 3. The normalized spacial score (nSPS) is 11.8. The topological polar surface area (TPSA) is 48.8 Å². The molecule has 9 aromatic carbocycles. The highest BCUT2D eigenvalue weighted by Gasteiger charge is 2.19. The monoisotopic (exact) mass is 804 g/mol. The first-order valence-corrected chi connectivity index (χ1v) is 21.3. The lowest BCUT2D eigenvalue weighted by molar-refractivity contribution is 0.670. The first kappa shape index (κ1) is 35.2. The maximum Gasteiger partial charge on any atom is 0.235 e. The molecule has 13 aromatic rings. The van der Waals surface area contributed by atoms with Gasteiger partial charge in [-0.2, -0.15) is 0 Å². The van der Waals surface area contributed by atoms with Gasteiger partial charge in [-0.05, 0) is 71.3 Å². The minimum absolute atomic E-state index is 0.636. The second-order valence-corrected chi connectivity index (χ2v) is 16.2. The van der Waals surface area contributed by atoms with E-state index in [2.05, 4.69) is 203 Å². The number of nitrogens with zero attached hydrogens (tertiary/aromatic N) is 4. The molecule has 13 rings (SSSR count). The molecule has 5 heteroatoms. The zero-order valence-corrected chi connectivity index (χ0v) is 34.0. The molecule has 0 atom stereocenters. The molecule has 0 spiro atoms. The van der Waals surface area contributed by atoms with Gasteiger partial charge < -0.3 is 8.98 Å². The Kier molecular flexibility index (Phi) is 7.84. The molecule has 0 aliphatic heterocycles. The van der Waals surface area contributed by atoms with Crippen LogP contribution in [0.3, 0.4) is 0 Å². The van der Waals surface area contributed by atoms with Gasteiger partial charge >= 0.3 is 0 Å². The van der Waals surface area contributed by atoms with Gasteiger partial charge in [-0.3, -0.25) is 4.57 Å². The van der Waals surface area contributed by atoms with Gasteiger partial charge in [0.05, 0.1) is 33.5 Å². The third kappa shape index (κ3) is 5.64. The molecule has 0 amide bonds. The molecular formula is C58H36N4O. The minimum Gasteiger partial charge on any atom is -0.455 e. The van der Waals surface area contributed by atoms with Crippen molar-refractivity contribution in [3.63, 3.8) is 0 Å². The standard InChI is InChI=1S/C58H36N4O/c1-3-14-38(15-4-1)50-36-51(39-16-5-2-6-17-39)60-58(59-50)62-53-24-11-7-18-44(53)46-32-28-41(35-55(46)62)40-29-33-54-49(34-40)45-19-8-10-23-52(45)61(54)42-30-26-37(27-31-42)43-21-13-22-48-47-20-9-12-25-56(47)63-57(43)48/h1-36H. The molecule has 294 valence electrons. The summed E-state index contributed by atoms with van der Waals surface area (Å²) in [5.74, 6) is 0.636. The van der Waals surface area contributed by atoms with Gasteiger partial charge in [-0.1, -0.05) is 164 Å². The molecule has 0 saturated carbocycles. The van der Waals surface area contributed by atoms with Crippen molar-refractivity contribution in [2.24, 2.45) is 0 Å². The summed E-state index contributed by atoms with van der Waals surface area (Å²) in [6.07, 6.45) is 0. The van der Waals surface area contributed by atoms with E-state index in [0.29, 0.717) is 5.95 Å². The van der Waals surface area contributed by atoms with Crippen LogP contribution in [-0.4, -0.2) is 19.1 Å². The molecule has 0 aliphatic rings. The molecule has 4 aromatic heterocycles. The van der Waals surface area contributed by atoms with Crippen LogP contribution in [0.4, 0.5) is 0 Å². The van der Waals surface area contributed by atoms with Gasteiger partial charge in [0, 0.05) is 54.7 Å². The average Bonchev–Trinajstić information content (AvgIpc) is 4.02. The Bertz CT molecular complexity index is 3840. The van der Waals surface area contributed by atoms with E-state index in [0.717, 1.165) is 105 Å². The summed E-state index contributed by atoms with van der Waals surface area (Å²) in [7, 11) is 0. The predicted octanol–water partition coefficient (Wildman–Crippen LogP) is 15.2. The van der Waals surface area contributed by atoms with E-state index in [1.807, 2.05) is 24.3 Å². The SMILES string of the molecule is c1ccc(-c2cc(-c3ccccc3)nc(-n3c4ccccc4c4ccc(-c5ccc6c(c5)c5ccccc5n6-c5ccc(-c6cccc7c6oc6ccccc67)cc5)cc43)n2)cc1. The number of benzene rings is 9. The maximum absolute atomic E-state index is 6.40. The Labute approximate surface area is 362 Å². The fraction of sp³-hybridized carbons (Fsp3) is 0. The predicted molar refractivity (Wildman–Crippen MR) is 260 cm³/mol. The highest BCUT2D eigenvalue weighted by Crippen LogP contribution is 2.40. The van der Waals surface area contributed by atoms with E-state index in [1.165, 1.54) is 10.8 Å². The Morgan fingerprint density at radius 1 is 0.317 bits per heavy atom. The number of aromatic nitrogens is 4. The average molecular weight is 805 g/mol.